The van der Waals surface area contributed by atoms with Gasteiger partial charge in [0.05, 0.1) is 22.1 Å². The van der Waals surface area contributed by atoms with Crippen LogP contribution >= 0.6 is 11.3 Å². The first-order valence-corrected chi connectivity index (χ1v) is 19.9. The predicted octanol–water partition coefficient (Wildman–Crippen LogP) is 13.4. The maximum Gasteiger partial charge on any atom is 0.240 e. The molecule has 0 unspecified atom stereocenters. The lowest BCUT2D eigenvalue weighted by Gasteiger charge is -2.13. The van der Waals surface area contributed by atoms with E-state index >= 15 is 0 Å². The monoisotopic (exact) mass is 745 g/mol. The average molecular weight is 746 g/mol. The Hall–Kier alpha value is -7.41. The highest BCUT2D eigenvalue weighted by Gasteiger charge is 2.22. The molecule has 0 saturated heterocycles. The van der Waals surface area contributed by atoms with Gasteiger partial charge >= 0.3 is 0 Å². The summed E-state index contributed by atoms with van der Waals surface area (Å²) in [5.74, 6) is 1.77. The number of benzene rings is 8. The maximum atomic E-state index is 5.44. The van der Waals surface area contributed by atoms with Crippen molar-refractivity contribution in [2.24, 2.45) is 0 Å². The summed E-state index contributed by atoms with van der Waals surface area (Å²) in [6.45, 7) is 0. The molecule has 0 aliphatic carbocycles. The summed E-state index contributed by atoms with van der Waals surface area (Å²) in [7, 11) is 0. The largest absolute Gasteiger partial charge is 0.278 e. The van der Waals surface area contributed by atoms with Gasteiger partial charge in [0.25, 0.3) is 0 Å². The first-order valence-electron chi connectivity index (χ1n) is 19.1. The van der Waals surface area contributed by atoms with Crippen LogP contribution in [0.5, 0.6) is 0 Å². The molecule has 12 rings (SSSR count). The second-order valence-electron chi connectivity index (χ2n) is 14.4. The number of rotatable bonds is 5. The molecule has 266 valence electrons. The SMILES string of the molecule is c1ccc(-c2ccc3c(c2)c2ccccc2n3-c2nc(-c3cccc4c3sc3ccccc34)nc(-n3c4ccccc4c4cc(-c5ccccc5)ccc43)n2)cc1. The van der Waals surface area contributed by atoms with Crippen LogP contribution in [0.25, 0.3) is 109 Å². The summed E-state index contributed by atoms with van der Waals surface area (Å²) < 4.78 is 6.81. The van der Waals surface area contributed by atoms with Gasteiger partial charge in [0, 0.05) is 47.3 Å². The standard InChI is InChI=1S/C51H31N5S/c1-3-14-32(15-4-1)34-26-28-45-41(30-34)36-18-7-10-23-43(36)55(45)50-52-49(40-22-13-21-39-38-20-9-12-25-47(38)57-48(39)40)53-51(54-50)56-44-24-11-8-19-37(44)42-31-35(27-29-46(42)56)33-16-5-2-6-17-33/h1-31H. The Morgan fingerprint density at radius 1 is 0.333 bits per heavy atom. The molecule has 0 radical (unpaired) electrons. The molecule has 0 fully saturated rings. The van der Waals surface area contributed by atoms with E-state index < -0.39 is 0 Å². The molecule has 0 spiro atoms. The van der Waals surface area contributed by atoms with Crippen LogP contribution in [-0.2, 0) is 0 Å². The molecule has 8 aromatic carbocycles. The lowest BCUT2D eigenvalue weighted by molar-refractivity contribution is 0.893. The minimum absolute atomic E-state index is 0.568. The number of hydrogen-bond donors (Lipinski definition) is 0. The zero-order valence-electron chi connectivity index (χ0n) is 30.5. The lowest BCUT2D eigenvalue weighted by Crippen LogP contribution is -2.10. The molecule has 0 amide bonds. The third-order valence-electron chi connectivity index (χ3n) is 11.2. The highest BCUT2D eigenvalue weighted by Crippen LogP contribution is 2.41. The van der Waals surface area contributed by atoms with Crippen LogP contribution in [0.15, 0.2) is 188 Å². The van der Waals surface area contributed by atoms with Crippen molar-refractivity contribution in [1.29, 1.82) is 0 Å². The summed E-state index contributed by atoms with van der Waals surface area (Å²) in [4.78, 5) is 16.2. The number of para-hydroxylation sites is 2. The van der Waals surface area contributed by atoms with Gasteiger partial charge in [-0.25, -0.2) is 0 Å². The van der Waals surface area contributed by atoms with Crippen molar-refractivity contribution >= 4 is 75.1 Å². The molecule has 0 saturated carbocycles. The molecule has 0 bridgehead atoms. The molecule has 4 heterocycles. The Balaban J connectivity index is 1.17. The van der Waals surface area contributed by atoms with E-state index in [1.807, 2.05) is 0 Å². The van der Waals surface area contributed by atoms with Gasteiger partial charge in [-0.2, -0.15) is 15.0 Å². The van der Waals surface area contributed by atoms with Crippen molar-refractivity contribution in [1.82, 2.24) is 24.1 Å². The van der Waals surface area contributed by atoms with Crippen molar-refractivity contribution in [2.75, 3.05) is 0 Å². The zero-order valence-corrected chi connectivity index (χ0v) is 31.4. The number of fused-ring (bicyclic) bond motifs is 9. The van der Waals surface area contributed by atoms with Crippen LogP contribution in [-0.4, -0.2) is 24.1 Å². The van der Waals surface area contributed by atoms with Crippen LogP contribution < -0.4 is 0 Å². The van der Waals surface area contributed by atoms with Crippen LogP contribution in [0.3, 0.4) is 0 Å². The van der Waals surface area contributed by atoms with Gasteiger partial charge in [0.2, 0.25) is 11.9 Å². The number of aromatic nitrogens is 5. The molecule has 0 N–H and O–H groups in total. The first kappa shape index (κ1) is 31.9. The van der Waals surface area contributed by atoms with E-state index in [1.54, 1.807) is 11.3 Å². The summed E-state index contributed by atoms with van der Waals surface area (Å²) >= 11 is 1.79. The van der Waals surface area contributed by atoms with E-state index in [1.165, 1.54) is 37.7 Å². The molecule has 0 aliphatic heterocycles. The molecule has 57 heavy (non-hydrogen) atoms. The molecule has 12 aromatic rings. The Labute approximate surface area is 331 Å². The van der Waals surface area contributed by atoms with Gasteiger partial charge in [-0.3, -0.25) is 9.13 Å². The van der Waals surface area contributed by atoms with E-state index in [-0.39, 0.29) is 0 Å². The lowest BCUT2D eigenvalue weighted by atomic mass is 10.0. The molecule has 6 heteroatoms. The minimum Gasteiger partial charge on any atom is -0.278 e. The Morgan fingerprint density at radius 2 is 0.807 bits per heavy atom. The predicted molar refractivity (Wildman–Crippen MR) is 238 cm³/mol. The molecular weight excluding hydrogens is 715 g/mol. The van der Waals surface area contributed by atoms with Crippen molar-refractivity contribution in [3.05, 3.63) is 188 Å². The molecule has 0 aliphatic rings. The Kier molecular flexibility index (Phi) is 7.03. The van der Waals surface area contributed by atoms with Crippen molar-refractivity contribution in [3.63, 3.8) is 0 Å². The summed E-state index contributed by atoms with van der Waals surface area (Å²) in [6, 6.07) is 66.7. The highest BCUT2D eigenvalue weighted by atomic mass is 32.1. The van der Waals surface area contributed by atoms with Gasteiger partial charge in [-0.15, -0.1) is 11.3 Å². The van der Waals surface area contributed by atoms with Crippen LogP contribution in [0.2, 0.25) is 0 Å². The van der Waals surface area contributed by atoms with Gasteiger partial charge in [0.15, 0.2) is 5.82 Å². The fourth-order valence-corrected chi connectivity index (χ4v) is 9.81. The van der Waals surface area contributed by atoms with Gasteiger partial charge < -0.3 is 0 Å². The Morgan fingerprint density at radius 3 is 1.39 bits per heavy atom. The minimum atomic E-state index is 0.568. The normalized spacial score (nSPS) is 11.9. The van der Waals surface area contributed by atoms with E-state index in [0.717, 1.165) is 53.9 Å². The molecule has 0 atom stereocenters. The van der Waals surface area contributed by atoms with E-state index in [9.17, 15) is 0 Å². The van der Waals surface area contributed by atoms with Gasteiger partial charge in [-0.05, 0) is 70.8 Å². The smallest absolute Gasteiger partial charge is 0.240 e. The summed E-state index contributed by atoms with van der Waals surface area (Å²) in [5, 5.41) is 7.02. The van der Waals surface area contributed by atoms with Crippen molar-refractivity contribution in [3.8, 4) is 45.5 Å². The Bertz CT molecular complexity index is 3350. The summed E-state index contributed by atoms with van der Waals surface area (Å²) in [5.41, 5.74) is 9.82. The summed E-state index contributed by atoms with van der Waals surface area (Å²) in [6.07, 6.45) is 0. The third-order valence-corrected chi connectivity index (χ3v) is 12.4. The van der Waals surface area contributed by atoms with Crippen LogP contribution in [0.4, 0.5) is 0 Å². The maximum absolute atomic E-state index is 5.44. The zero-order chi connectivity index (χ0) is 37.5. The number of hydrogen-bond acceptors (Lipinski definition) is 4. The molecule has 5 nitrogen and oxygen atoms in total. The van der Waals surface area contributed by atoms with Crippen molar-refractivity contribution < 1.29 is 0 Å². The van der Waals surface area contributed by atoms with Crippen LogP contribution in [0, 0.1) is 0 Å². The molecule has 4 aromatic heterocycles. The number of nitrogens with zero attached hydrogens (tertiary/aromatic N) is 5. The van der Waals surface area contributed by atoms with E-state index in [4.69, 9.17) is 15.0 Å². The quantitative estimate of drug-likeness (QED) is 0.176. The fraction of sp³-hybridized carbons (Fsp3) is 0. The number of thiophene rings is 1. The third kappa shape index (κ3) is 4.98. The highest BCUT2D eigenvalue weighted by molar-refractivity contribution is 7.26. The van der Waals surface area contributed by atoms with Crippen molar-refractivity contribution in [2.45, 2.75) is 0 Å². The second kappa shape index (κ2) is 12.6. The molecular formula is C51H31N5S. The topological polar surface area (TPSA) is 48.5 Å². The van der Waals surface area contributed by atoms with E-state index in [0.29, 0.717) is 17.7 Å². The fourth-order valence-electron chi connectivity index (χ4n) is 8.59. The van der Waals surface area contributed by atoms with Gasteiger partial charge in [-0.1, -0.05) is 140 Å². The first-order chi connectivity index (χ1) is 28.3. The van der Waals surface area contributed by atoms with E-state index in [2.05, 4.69) is 197 Å². The van der Waals surface area contributed by atoms with Gasteiger partial charge in [0.1, 0.15) is 0 Å². The second-order valence-corrected chi connectivity index (χ2v) is 15.5. The van der Waals surface area contributed by atoms with Crippen LogP contribution in [0.1, 0.15) is 0 Å². The average Bonchev–Trinajstić information content (AvgIpc) is 3.94.